The Morgan fingerprint density at radius 1 is 1.26 bits per heavy atom. The fourth-order valence-corrected chi connectivity index (χ4v) is 2.70. The van der Waals surface area contributed by atoms with Gasteiger partial charge in [0, 0.05) is 25.8 Å². The summed E-state index contributed by atoms with van der Waals surface area (Å²) in [7, 11) is 2.04. The highest BCUT2D eigenvalue weighted by molar-refractivity contribution is 5.45. The number of hydrogen-bond acceptors (Lipinski definition) is 3. The number of aliphatic hydroxyl groups excluding tert-OH is 1. The molecule has 1 unspecified atom stereocenters. The number of hydrogen-bond donors (Lipinski definition) is 1. The minimum Gasteiger partial charge on any atom is -0.390 e. The summed E-state index contributed by atoms with van der Waals surface area (Å²) in [4.78, 5) is 4.51. The third-order valence-electron chi connectivity index (χ3n) is 4.03. The molecule has 19 heavy (non-hydrogen) atoms. The molecule has 1 aromatic rings. The summed E-state index contributed by atoms with van der Waals surface area (Å²) in [6.07, 6.45) is 2.25. The molecule has 1 atom stereocenters. The molecular formula is C16H26N2O. The predicted molar refractivity (Wildman–Crippen MR) is 80.6 cm³/mol. The molecule has 1 heterocycles. The molecule has 1 aliphatic rings. The van der Waals surface area contributed by atoms with Gasteiger partial charge < -0.3 is 14.9 Å². The Kier molecular flexibility index (Phi) is 5.23. The van der Waals surface area contributed by atoms with Crippen LogP contribution in [0.25, 0.3) is 0 Å². The minimum absolute atomic E-state index is 0.279. The third-order valence-corrected chi connectivity index (χ3v) is 4.03. The van der Waals surface area contributed by atoms with Gasteiger partial charge in [0.1, 0.15) is 0 Å². The second-order valence-corrected chi connectivity index (χ2v) is 5.85. The van der Waals surface area contributed by atoms with E-state index < -0.39 is 0 Å². The SMILES string of the molecule is CC1CCN(CC(O)CN(C)c2ccccc2)CC1. The van der Waals surface area contributed by atoms with Gasteiger partial charge in [0.25, 0.3) is 0 Å². The number of rotatable bonds is 5. The number of para-hydroxylation sites is 1. The summed E-state index contributed by atoms with van der Waals surface area (Å²) in [5.74, 6) is 0.848. The third kappa shape index (κ3) is 4.51. The molecule has 106 valence electrons. The standard InChI is InChI=1S/C16H26N2O/c1-14-8-10-18(11-9-14)13-16(19)12-17(2)15-6-4-3-5-7-15/h3-7,14,16,19H,8-13H2,1-2H3. The Bertz CT molecular complexity index is 360. The lowest BCUT2D eigenvalue weighted by Crippen LogP contribution is -2.42. The molecule has 0 spiro atoms. The van der Waals surface area contributed by atoms with Gasteiger partial charge in [-0.2, -0.15) is 0 Å². The van der Waals surface area contributed by atoms with Gasteiger partial charge in [-0.3, -0.25) is 0 Å². The largest absolute Gasteiger partial charge is 0.390 e. The Morgan fingerprint density at radius 3 is 2.53 bits per heavy atom. The number of likely N-dealkylation sites (tertiary alicyclic amines) is 1. The van der Waals surface area contributed by atoms with E-state index in [4.69, 9.17) is 0 Å². The molecule has 1 fully saturated rings. The Morgan fingerprint density at radius 2 is 1.89 bits per heavy atom. The molecule has 1 N–H and O–H groups in total. The molecule has 0 bridgehead atoms. The summed E-state index contributed by atoms with van der Waals surface area (Å²) in [6, 6.07) is 10.2. The summed E-state index contributed by atoms with van der Waals surface area (Å²) < 4.78 is 0. The van der Waals surface area contributed by atoms with Crippen molar-refractivity contribution in [3.8, 4) is 0 Å². The van der Waals surface area contributed by atoms with Crippen LogP contribution in [0.15, 0.2) is 30.3 Å². The van der Waals surface area contributed by atoms with Crippen molar-refractivity contribution in [2.24, 2.45) is 5.92 Å². The van der Waals surface area contributed by atoms with Crippen molar-refractivity contribution in [1.29, 1.82) is 0 Å². The van der Waals surface area contributed by atoms with E-state index in [-0.39, 0.29) is 6.10 Å². The first-order valence-corrected chi connectivity index (χ1v) is 7.31. The maximum absolute atomic E-state index is 10.2. The second-order valence-electron chi connectivity index (χ2n) is 5.85. The lowest BCUT2D eigenvalue weighted by atomic mass is 9.99. The molecule has 3 nitrogen and oxygen atoms in total. The van der Waals surface area contributed by atoms with E-state index in [9.17, 15) is 5.11 Å². The normalized spacial score (nSPS) is 19.3. The molecule has 1 aromatic carbocycles. The molecular weight excluding hydrogens is 236 g/mol. The van der Waals surface area contributed by atoms with Crippen molar-refractivity contribution >= 4 is 5.69 Å². The van der Waals surface area contributed by atoms with E-state index in [0.717, 1.165) is 31.2 Å². The van der Waals surface area contributed by atoms with Crippen molar-refractivity contribution < 1.29 is 5.11 Å². The van der Waals surface area contributed by atoms with Crippen molar-refractivity contribution in [1.82, 2.24) is 4.90 Å². The fraction of sp³-hybridized carbons (Fsp3) is 0.625. The van der Waals surface area contributed by atoms with Crippen LogP contribution in [0.2, 0.25) is 0 Å². The Hall–Kier alpha value is -1.06. The van der Waals surface area contributed by atoms with Crippen LogP contribution in [0.4, 0.5) is 5.69 Å². The highest BCUT2D eigenvalue weighted by Gasteiger charge is 2.19. The average Bonchev–Trinajstić information content (AvgIpc) is 2.42. The number of β-amino-alcohol motifs (C(OH)–C–C–N with tert-alkyl or cyclic N) is 1. The van der Waals surface area contributed by atoms with E-state index in [2.05, 4.69) is 28.9 Å². The van der Waals surface area contributed by atoms with Gasteiger partial charge in [0.05, 0.1) is 6.10 Å². The smallest absolute Gasteiger partial charge is 0.0841 e. The van der Waals surface area contributed by atoms with Gasteiger partial charge >= 0.3 is 0 Å². The quantitative estimate of drug-likeness (QED) is 0.881. The molecule has 0 radical (unpaired) electrons. The van der Waals surface area contributed by atoms with Crippen LogP contribution in [-0.4, -0.2) is 49.3 Å². The van der Waals surface area contributed by atoms with Crippen LogP contribution in [0.1, 0.15) is 19.8 Å². The first kappa shape index (κ1) is 14.4. The van der Waals surface area contributed by atoms with Gasteiger partial charge in [-0.05, 0) is 44.0 Å². The van der Waals surface area contributed by atoms with Crippen LogP contribution in [0.5, 0.6) is 0 Å². The number of aliphatic hydroxyl groups is 1. The zero-order chi connectivity index (χ0) is 13.7. The number of piperidine rings is 1. The Balaban J connectivity index is 1.76. The van der Waals surface area contributed by atoms with Crippen molar-refractivity contribution in [2.75, 3.05) is 38.1 Å². The molecule has 1 saturated heterocycles. The summed E-state index contributed by atoms with van der Waals surface area (Å²) in [5, 5.41) is 10.2. The maximum Gasteiger partial charge on any atom is 0.0841 e. The molecule has 0 aliphatic carbocycles. The van der Waals surface area contributed by atoms with Gasteiger partial charge in [0.15, 0.2) is 0 Å². The fourth-order valence-electron chi connectivity index (χ4n) is 2.70. The van der Waals surface area contributed by atoms with Crippen LogP contribution < -0.4 is 4.90 Å². The first-order chi connectivity index (χ1) is 9.15. The predicted octanol–water partition coefficient (Wildman–Crippen LogP) is 2.22. The molecule has 3 heteroatoms. The van der Waals surface area contributed by atoms with Crippen molar-refractivity contribution in [3.63, 3.8) is 0 Å². The monoisotopic (exact) mass is 262 g/mol. The maximum atomic E-state index is 10.2. The van der Waals surface area contributed by atoms with Gasteiger partial charge in [-0.1, -0.05) is 25.1 Å². The number of benzene rings is 1. The van der Waals surface area contributed by atoms with Gasteiger partial charge in [0.2, 0.25) is 0 Å². The van der Waals surface area contributed by atoms with Gasteiger partial charge in [-0.15, -0.1) is 0 Å². The lowest BCUT2D eigenvalue weighted by molar-refractivity contribution is 0.0958. The van der Waals surface area contributed by atoms with E-state index in [1.165, 1.54) is 12.8 Å². The first-order valence-electron chi connectivity index (χ1n) is 7.31. The summed E-state index contributed by atoms with van der Waals surface area (Å²) in [5.41, 5.74) is 1.16. The highest BCUT2D eigenvalue weighted by Crippen LogP contribution is 2.16. The lowest BCUT2D eigenvalue weighted by Gasteiger charge is -2.32. The topological polar surface area (TPSA) is 26.7 Å². The second kappa shape index (κ2) is 6.92. The van der Waals surface area contributed by atoms with Crippen molar-refractivity contribution in [3.05, 3.63) is 30.3 Å². The molecule has 1 aliphatic heterocycles. The average molecular weight is 262 g/mol. The minimum atomic E-state index is -0.279. The van der Waals surface area contributed by atoms with Crippen LogP contribution in [0, 0.1) is 5.92 Å². The van der Waals surface area contributed by atoms with Crippen LogP contribution in [0.3, 0.4) is 0 Å². The zero-order valence-electron chi connectivity index (χ0n) is 12.1. The van der Waals surface area contributed by atoms with E-state index in [0.29, 0.717) is 6.54 Å². The Labute approximate surface area is 116 Å². The molecule has 0 aromatic heterocycles. The highest BCUT2D eigenvalue weighted by atomic mass is 16.3. The number of nitrogens with zero attached hydrogens (tertiary/aromatic N) is 2. The summed E-state index contributed by atoms with van der Waals surface area (Å²) in [6.45, 7) is 6.07. The number of likely N-dealkylation sites (N-methyl/N-ethyl adjacent to an activating group) is 1. The van der Waals surface area contributed by atoms with Crippen molar-refractivity contribution in [2.45, 2.75) is 25.9 Å². The van der Waals surface area contributed by atoms with E-state index in [1.807, 2.05) is 25.2 Å². The van der Waals surface area contributed by atoms with E-state index in [1.54, 1.807) is 0 Å². The molecule has 0 saturated carbocycles. The molecule has 0 amide bonds. The van der Waals surface area contributed by atoms with Gasteiger partial charge in [-0.25, -0.2) is 0 Å². The zero-order valence-corrected chi connectivity index (χ0v) is 12.1. The van der Waals surface area contributed by atoms with Crippen LogP contribution >= 0.6 is 0 Å². The number of anilines is 1. The summed E-state index contributed by atoms with van der Waals surface area (Å²) >= 11 is 0. The molecule has 2 rings (SSSR count). The van der Waals surface area contributed by atoms with Crippen LogP contribution in [-0.2, 0) is 0 Å². The van der Waals surface area contributed by atoms with E-state index >= 15 is 0 Å².